The average molecular weight is 408 g/mol. The molecule has 0 radical (unpaired) electrons. The summed E-state index contributed by atoms with van der Waals surface area (Å²) in [6, 6.07) is 6.10. The van der Waals surface area contributed by atoms with E-state index in [2.05, 4.69) is 5.32 Å². The molecule has 0 saturated carbocycles. The normalized spacial score (nSPS) is 22.9. The molecule has 2 aliphatic rings. The van der Waals surface area contributed by atoms with Crippen LogP contribution in [0.3, 0.4) is 0 Å². The SMILES string of the molecule is CC(=O)Nc1ccc(S(=O)(=O)N2CCC[C@@H]3CN(C(=O)CC(C)C)C[C@@H]32)cc1. The van der Waals surface area contributed by atoms with Gasteiger partial charge in [-0.15, -0.1) is 0 Å². The lowest BCUT2D eigenvalue weighted by Crippen LogP contribution is -2.48. The van der Waals surface area contributed by atoms with Crippen LogP contribution in [0, 0.1) is 11.8 Å². The van der Waals surface area contributed by atoms with E-state index in [4.69, 9.17) is 0 Å². The van der Waals surface area contributed by atoms with E-state index in [-0.39, 0.29) is 34.6 Å². The van der Waals surface area contributed by atoms with E-state index < -0.39 is 10.0 Å². The first-order chi connectivity index (χ1) is 13.2. The Morgan fingerprint density at radius 2 is 1.86 bits per heavy atom. The number of carbonyl (C=O) groups is 2. The van der Waals surface area contributed by atoms with Crippen LogP contribution in [0.15, 0.2) is 29.2 Å². The highest BCUT2D eigenvalue weighted by Crippen LogP contribution is 2.35. The number of piperidine rings is 1. The largest absolute Gasteiger partial charge is 0.341 e. The van der Waals surface area contributed by atoms with Gasteiger partial charge >= 0.3 is 0 Å². The third kappa shape index (κ3) is 4.38. The van der Waals surface area contributed by atoms with Crippen molar-refractivity contribution in [3.05, 3.63) is 24.3 Å². The maximum absolute atomic E-state index is 13.3. The number of carbonyl (C=O) groups excluding carboxylic acids is 2. The molecule has 2 saturated heterocycles. The first-order valence-electron chi connectivity index (χ1n) is 9.85. The highest BCUT2D eigenvalue weighted by molar-refractivity contribution is 7.89. The van der Waals surface area contributed by atoms with Crippen molar-refractivity contribution >= 4 is 27.5 Å². The van der Waals surface area contributed by atoms with Gasteiger partial charge < -0.3 is 10.2 Å². The predicted molar refractivity (Wildman–Crippen MR) is 107 cm³/mol. The first-order valence-corrected chi connectivity index (χ1v) is 11.3. The second-order valence-electron chi connectivity index (χ2n) is 8.19. The Kier molecular flexibility index (Phi) is 6.09. The zero-order valence-electron chi connectivity index (χ0n) is 16.7. The van der Waals surface area contributed by atoms with Crippen LogP contribution in [0.4, 0.5) is 5.69 Å². The number of benzene rings is 1. The summed E-state index contributed by atoms with van der Waals surface area (Å²) in [5.41, 5.74) is 0.564. The van der Waals surface area contributed by atoms with Crippen LogP contribution >= 0.6 is 0 Å². The van der Waals surface area contributed by atoms with Crippen molar-refractivity contribution in [1.29, 1.82) is 0 Å². The van der Waals surface area contributed by atoms with Crippen LogP contribution in [-0.2, 0) is 19.6 Å². The number of hydrogen-bond donors (Lipinski definition) is 1. The second-order valence-corrected chi connectivity index (χ2v) is 10.1. The molecule has 2 heterocycles. The van der Waals surface area contributed by atoms with Gasteiger partial charge in [-0.1, -0.05) is 13.8 Å². The third-order valence-electron chi connectivity index (χ3n) is 5.45. The van der Waals surface area contributed by atoms with Gasteiger partial charge in [0, 0.05) is 44.7 Å². The quantitative estimate of drug-likeness (QED) is 0.811. The van der Waals surface area contributed by atoms with Gasteiger partial charge in [-0.25, -0.2) is 8.42 Å². The first kappa shape index (κ1) is 20.8. The molecular weight excluding hydrogens is 378 g/mol. The Balaban J connectivity index is 1.78. The summed E-state index contributed by atoms with van der Waals surface area (Å²) in [5.74, 6) is 0.392. The molecule has 154 valence electrons. The summed E-state index contributed by atoms with van der Waals surface area (Å²) in [6.45, 7) is 7.03. The number of hydrogen-bond acceptors (Lipinski definition) is 4. The van der Waals surface area contributed by atoms with Gasteiger partial charge in [0.1, 0.15) is 0 Å². The van der Waals surface area contributed by atoms with E-state index in [1.807, 2.05) is 18.7 Å². The summed E-state index contributed by atoms with van der Waals surface area (Å²) in [6.07, 6.45) is 2.25. The number of sulfonamides is 1. The summed E-state index contributed by atoms with van der Waals surface area (Å²) in [7, 11) is -3.65. The fourth-order valence-electron chi connectivity index (χ4n) is 4.17. The molecule has 2 fully saturated rings. The van der Waals surface area contributed by atoms with E-state index >= 15 is 0 Å². The minimum Gasteiger partial charge on any atom is -0.341 e. The Hall–Kier alpha value is -1.93. The number of nitrogens with one attached hydrogen (secondary N) is 1. The highest BCUT2D eigenvalue weighted by Gasteiger charge is 2.45. The molecule has 1 aromatic rings. The maximum Gasteiger partial charge on any atom is 0.243 e. The topological polar surface area (TPSA) is 86.8 Å². The molecule has 0 aromatic heterocycles. The molecule has 1 aromatic carbocycles. The van der Waals surface area contributed by atoms with Gasteiger partial charge in [-0.2, -0.15) is 4.31 Å². The van der Waals surface area contributed by atoms with Crippen LogP contribution < -0.4 is 5.32 Å². The fraction of sp³-hybridized carbons (Fsp3) is 0.600. The van der Waals surface area contributed by atoms with Crippen LogP contribution in [0.25, 0.3) is 0 Å². The van der Waals surface area contributed by atoms with Gasteiger partial charge in [0.15, 0.2) is 0 Å². The van der Waals surface area contributed by atoms with Crippen molar-refractivity contribution in [2.24, 2.45) is 11.8 Å². The zero-order valence-corrected chi connectivity index (χ0v) is 17.5. The molecule has 3 rings (SSSR count). The number of likely N-dealkylation sites (tertiary alicyclic amines) is 1. The third-order valence-corrected chi connectivity index (χ3v) is 7.39. The molecule has 0 aliphatic carbocycles. The van der Waals surface area contributed by atoms with E-state index in [0.717, 1.165) is 12.8 Å². The molecular formula is C20H29N3O4S. The van der Waals surface area contributed by atoms with Crippen LogP contribution in [0.1, 0.15) is 40.0 Å². The van der Waals surface area contributed by atoms with Crippen LogP contribution in [-0.4, -0.2) is 55.1 Å². The lowest BCUT2D eigenvalue weighted by molar-refractivity contribution is -0.131. The van der Waals surface area contributed by atoms with Gasteiger partial charge in [0.2, 0.25) is 21.8 Å². The van der Waals surface area contributed by atoms with Gasteiger partial charge in [-0.3, -0.25) is 9.59 Å². The molecule has 0 spiro atoms. The standard InChI is InChI=1S/C20H29N3O4S/c1-14(2)11-20(25)22-12-16-5-4-10-23(19(16)13-22)28(26,27)18-8-6-17(7-9-18)21-15(3)24/h6-9,14,16,19H,4-5,10-13H2,1-3H3,(H,21,24)/t16-,19+/m1/s1. The zero-order chi connectivity index (χ0) is 20.5. The second kappa shape index (κ2) is 8.21. The minimum absolute atomic E-state index is 0.112. The van der Waals surface area contributed by atoms with Gasteiger partial charge in [0.05, 0.1) is 4.90 Å². The summed E-state index contributed by atoms with van der Waals surface area (Å²) in [4.78, 5) is 25.7. The van der Waals surface area contributed by atoms with E-state index in [0.29, 0.717) is 31.7 Å². The lowest BCUT2D eigenvalue weighted by Gasteiger charge is -2.35. The predicted octanol–water partition coefficient (Wildman–Crippen LogP) is 2.30. The molecule has 0 unspecified atom stereocenters. The number of rotatable bonds is 5. The number of nitrogens with zero attached hydrogens (tertiary/aromatic N) is 2. The molecule has 8 heteroatoms. The van der Waals surface area contributed by atoms with Gasteiger partial charge in [0.25, 0.3) is 0 Å². The maximum atomic E-state index is 13.3. The number of amides is 2. The van der Waals surface area contributed by atoms with Crippen molar-refractivity contribution in [3.8, 4) is 0 Å². The highest BCUT2D eigenvalue weighted by atomic mass is 32.2. The van der Waals surface area contributed by atoms with Crippen LogP contribution in [0.2, 0.25) is 0 Å². The summed E-state index contributed by atoms with van der Waals surface area (Å²) < 4.78 is 28.1. The average Bonchev–Trinajstić information content (AvgIpc) is 3.05. The summed E-state index contributed by atoms with van der Waals surface area (Å²) in [5, 5.41) is 2.64. The van der Waals surface area contributed by atoms with E-state index in [1.54, 1.807) is 16.4 Å². The van der Waals surface area contributed by atoms with Gasteiger partial charge in [-0.05, 0) is 48.9 Å². The van der Waals surface area contributed by atoms with Crippen molar-refractivity contribution < 1.29 is 18.0 Å². The molecule has 0 bridgehead atoms. The molecule has 1 N–H and O–H groups in total. The lowest BCUT2D eigenvalue weighted by atomic mass is 9.94. The monoisotopic (exact) mass is 407 g/mol. The summed E-state index contributed by atoms with van der Waals surface area (Å²) >= 11 is 0. The Bertz CT molecular complexity index is 836. The number of fused-ring (bicyclic) bond motifs is 1. The Morgan fingerprint density at radius 1 is 1.18 bits per heavy atom. The van der Waals surface area contributed by atoms with Crippen molar-refractivity contribution in [2.75, 3.05) is 25.0 Å². The molecule has 2 amide bonds. The van der Waals surface area contributed by atoms with Crippen molar-refractivity contribution in [3.63, 3.8) is 0 Å². The smallest absolute Gasteiger partial charge is 0.243 e. The van der Waals surface area contributed by atoms with E-state index in [9.17, 15) is 18.0 Å². The molecule has 7 nitrogen and oxygen atoms in total. The number of anilines is 1. The molecule has 2 atom stereocenters. The minimum atomic E-state index is -3.65. The molecule has 2 aliphatic heterocycles. The fourth-order valence-corrected chi connectivity index (χ4v) is 5.88. The molecule has 28 heavy (non-hydrogen) atoms. The van der Waals surface area contributed by atoms with Crippen molar-refractivity contribution in [2.45, 2.75) is 51.0 Å². The Labute approximate surface area is 167 Å². The van der Waals surface area contributed by atoms with E-state index in [1.165, 1.54) is 19.1 Å². The van der Waals surface area contributed by atoms with Crippen LogP contribution in [0.5, 0.6) is 0 Å². The van der Waals surface area contributed by atoms with Crippen molar-refractivity contribution in [1.82, 2.24) is 9.21 Å². The Morgan fingerprint density at radius 3 is 2.46 bits per heavy atom.